The highest BCUT2D eigenvalue weighted by Crippen LogP contribution is 2.65. The van der Waals surface area contributed by atoms with Crippen LogP contribution in [0.5, 0.6) is 0 Å². The van der Waals surface area contributed by atoms with E-state index in [9.17, 15) is 0 Å². The van der Waals surface area contributed by atoms with E-state index in [1.54, 1.807) is 0 Å². The molecule has 0 bridgehead atoms. The lowest BCUT2D eigenvalue weighted by molar-refractivity contribution is 0.372. The molecule has 4 aliphatic carbocycles. The average Bonchev–Trinajstić information content (AvgIpc) is 3.63. The van der Waals surface area contributed by atoms with Crippen molar-refractivity contribution in [1.82, 2.24) is 0 Å². The summed E-state index contributed by atoms with van der Waals surface area (Å²) >= 11 is 0. The van der Waals surface area contributed by atoms with Crippen molar-refractivity contribution >= 4 is 44.3 Å². The third kappa shape index (κ3) is 4.05. The summed E-state index contributed by atoms with van der Waals surface area (Å²) in [5.41, 5.74) is 13.6. The van der Waals surface area contributed by atoms with Crippen LogP contribution in [0.4, 0.5) is 0 Å². The molecule has 238 valence electrons. The third-order valence-electron chi connectivity index (χ3n) is 11.9. The van der Waals surface area contributed by atoms with Crippen LogP contribution in [0.3, 0.4) is 0 Å². The quantitative estimate of drug-likeness (QED) is 0.177. The first kappa shape index (κ1) is 28.8. The Morgan fingerprint density at radius 1 is 0.694 bits per heavy atom. The average molecular weight is 633 g/mol. The summed E-state index contributed by atoms with van der Waals surface area (Å²) in [6, 6.07) is 38.8. The van der Waals surface area contributed by atoms with E-state index < -0.39 is 0 Å². The third-order valence-corrected chi connectivity index (χ3v) is 11.9. The van der Waals surface area contributed by atoms with Crippen LogP contribution >= 0.6 is 0 Å². The first-order valence-corrected chi connectivity index (χ1v) is 18.1. The zero-order valence-corrected chi connectivity index (χ0v) is 28.5. The van der Waals surface area contributed by atoms with Crippen molar-refractivity contribution in [2.75, 3.05) is 0 Å². The van der Waals surface area contributed by atoms with E-state index in [4.69, 9.17) is 4.42 Å². The van der Waals surface area contributed by atoms with Crippen molar-refractivity contribution in [3.05, 3.63) is 178 Å². The molecule has 1 nitrogen and oxygen atoms in total. The van der Waals surface area contributed by atoms with Crippen molar-refractivity contribution in [2.24, 2.45) is 11.8 Å². The molecule has 0 fully saturated rings. The highest BCUT2D eigenvalue weighted by Gasteiger charge is 2.53. The van der Waals surface area contributed by atoms with Crippen LogP contribution in [0, 0.1) is 11.8 Å². The molecule has 3 unspecified atom stereocenters. The largest absolute Gasteiger partial charge is 0.456 e. The van der Waals surface area contributed by atoms with Crippen LogP contribution in [-0.2, 0) is 11.8 Å². The van der Waals surface area contributed by atoms with E-state index >= 15 is 0 Å². The Kier molecular flexibility index (Phi) is 6.28. The second-order valence-electron chi connectivity index (χ2n) is 15.1. The van der Waals surface area contributed by atoms with Gasteiger partial charge in [-0.15, -0.1) is 0 Å². The van der Waals surface area contributed by atoms with Crippen LogP contribution in [0.15, 0.2) is 132 Å². The summed E-state index contributed by atoms with van der Waals surface area (Å²) < 4.78 is 7.23. The highest BCUT2D eigenvalue weighted by molar-refractivity contribution is 6.21. The van der Waals surface area contributed by atoms with E-state index in [1.165, 1.54) is 77.2 Å². The summed E-state index contributed by atoms with van der Waals surface area (Å²) in [7, 11) is 0. The lowest BCUT2D eigenvalue weighted by Gasteiger charge is -2.40. The summed E-state index contributed by atoms with van der Waals surface area (Å²) in [6.07, 6.45) is 14.8. The van der Waals surface area contributed by atoms with Gasteiger partial charge in [-0.2, -0.15) is 0 Å². The van der Waals surface area contributed by atoms with E-state index in [0.717, 1.165) is 30.8 Å². The van der Waals surface area contributed by atoms with Gasteiger partial charge < -0.3 is 4.42 Å². The predicted molar refractivity (Wildman–Crippen MR) is 206 cm³/mol. The van der Waals surface area contributed by atoms with Crippen molar-refractivity contribution in [3.63, 3.8) is 0 Å². The van der Waals surface area contributed by atoms with E-state index in [-0.39, 0.29) is 17.3 Å². The van der Waals surface area contributed by atoms with Gasteiger partial charge >= 0.3 is 0 Å². The van der Waals surface area contributed by atoms with Crippen LogP contribution in [0.25, 0.3) is 44.3 Å². The van der Waals surface area contributed by atoms with E-state index in [2.05, 4.69) is 154 Å². The van der Waals surface area contributed by atoms with Gasteiger partial charge in [0.25, 0.3) is 0 Å². The number of hydrogen-bond donors (Lipinski definition) is 0. The zero-order chi connectivity index (χ0) is 32.9. The molecule has 4 aliphatic rings. The molecule has 0 N–H and O–H groups in total. The molecule has 0 saturated heterocycles. The topological polar surface area (TPSA) is 13.1 Å². The maximum Gasteiger partial charge on any atom is 0.139 e. The van der Waals surface area contributed by atoms with Gasteiger partial charge in [0.15, 0.2) is 0 Å². The smallest absolute Gasteiger partial charge is 0.139 e. The van der Waals surface area contributed by atoms with Gasteiger partial charge in [0.2, 0.25) is 0 Å². The first-order valence-electron chi connectivity index (χ1n) is 18.1. The van der Waals surface area contributed by atoms with Gasteiger partial charge in [0.05, 0.1) is 0 Å². The Morgan fingerprint density at radius 2 is 1.35 bits per heavy atom. The fraction of sp³-hybridized carbons (Fsp3) is 0.208. The molecular weight excluding hydrogens is 593 g/mol. The molecule has 0 amide bonds. The monoisotopic (exact) mass is 632 g/mol. The van der Waals surface area contributed by atoms with Crippen LogP contribution in [0.1, 0.15) is 90.0 Å². The van der Waals surface area contributed by atoms with Gasteiger partial charge in [-0.1, -0.05) is 148 Å². The van der Waals surface area contributed by atoms with Crippen LogP contribution in [-0.4, -0.2) is 0 Å². The zero-order valence-electron chi connectivity index (χ0n) is 28.5. The molecular formula is C48H40O. The molecule has 6 aromatic rings. The Bertz CT molecular complexity index is 2400. The van der Waals surface area contributed by atoms with Crippen molar-refractivity contribution < 1.29 is 4.42 Å². The summed E-state index contributed by atoms with van der Waals surface area (Å²) in [5.74, 6) is 3.05. The molecule has 1 heterocycles. The fourth-order valence-electron chi connectivity index (χ4n) is 9.94. The van der Waals surface area contributed by atoms with Gasteiger partial charge in [0, 0.05) is 34.1 Å². The molecule has 1 heteroatoms. The minimum Gasteiger partial charge on any atom is -0.456 e. The standard InChI is InChI=1S/C48H40O/c1-29-16-15-19-31(28-29)40-32-20-7-9-22-34(32)42(35-23-10-8-21-33(35)40)45-43-36-24-11-13-26-38(36)48(2,3)46(43)41(30-17-5-4-6-18-30)44-37-25-12-14-27-39(37)49-47(44)45/h4-11,13-15,17-24,26-29,41,46H,12,16,25H2,1-3H3. The number of rotatable bonds is 3. The summed E-state index contributed by atoms with van der Waals surface area (Å²) in [5, 5.41) is 5.20. The molecule has 0 aliphatic heterocycles. The number of benzene rings is 5. The van der Waals surface area contributed by atoms with Crippen molar-refractivity contribution in [2.45, 2.75) is 51.4 Å². The number of fused-ring (bicyclic) bond motifs is 8. The molecule has 1 aromatic heterocycles. The maximum atomic E-state index is 7.23. The molecule has 0 radical (unpaired) electrons. The molecule has 3 atom stereocenters. The minimum absolute atomic E-state index is 0.0938. The fourth-order valence-corrected chi connectivity index (χ4v) is 9.94. The van der Waals surface area contributed by atoms with Crippen LogP contribution in [0.2, 0.25) is 0 Å². The molecule has 10 rings (SSSR count). The highest BCUT2D eigenvalue weighted by atomic mass is 16.3. The van der Waals surface area contributed by atoms with E-state index in [1.807, 2.05) is 0 Å². The molecule has 0 spiro atoms. The Labute approximate surface area is 289 Å². The van der Waals surface area contributed by atoms with E-state index in [0.29, 0.717) is 5.92 Å². The Morgan fingerprint density at radius 3 is 2.06 bits per heavy atom. The Balaban J connectivity index is 1.41. The van der Waals surface area contributed by atoms with Gasteiger partial charge in [-0.3, -0.25) is 0 Å². The molecule has 5 aromatic carbocycles. The van der Waals surface area contributed by atoms with Crippen LogP contribution < -0.4 is 0 Å². The normalized spacial score (nSPS) is 21.8. The lowest BCUT2D eigenvalue weighted by atomic mass is 9.61. The minimum atomic E-state index is -0.0938. The SMILES string of the molecule is CC1C=C(c2c3ccccc3c(C3=C4c5ccccc5C(C)(C)C4C(c4ccccc4)c4c3oc3c4CCC=C3)c3ccccc23)C=CC1. The van der Waals surface area contributed by atoms with Gasteiger partial charge in [-0.05, 0) is 91.6 Å². The van der Waals surface area contributed by atoms with Crippen molar-refractivity contribution in [1.29, 1.82) is 0 Å². The maximum absolute atomic E-state index is 7.23. The lowest BCUT2D eigenvalue weighted by Crippen LogP contribution is -2.33. The Hall–Kier alpha value is -5.14. The van der Waals surface area contributed by atoms with Gasteiger partial charge in [0.1, 0.15) is 11.5 Å². The summed E-state index contributed by atoms with van der Waals surface area (Å²) in [4.78, 5) is 0. The number of allylic oxidation sites excluding steroid dienone is 6. The molecule has 49 heavy (non-hydrogen) atoms. The molecule has 0 saturated carbocycles. The number of furan rings is 1. The van der Waals surface area contributed by atoms with Gasteiger partial charge in [-0.25, -0.2) is 0 Å². The number of hydrogen-bond acceptors (Lipinski definition) is 1. The second-order valence-corrected chi connectivity index (χ2v) is 15.1. The van der Waals surface area contributed by atoms with Crippen molar-refractivity contribution in [3.8, 4) is 0 Å². The first-order chi connectivity index (χ1) is 24.0. The second kappa shape index (κ2) is 10.7. The summed E-state index contributed by atoms with van der Waals surface area (Å²) in [6.45, 7) is 7.29. The predicted octanol–water partition coefficient (Wildman–Crippen LogP) is 12.5.